The van der Waals surface area contributed by atoms with Crippen LogP contribution < -0.4 is 14.8 Å². The Balaban J connectivity index is 1.78. The second kappa shape index (κ2) is 16.3. The fourth-order valence-corrected chi connectivity index (χ4v) is 3.15. The Labute approximate surface area is 225 Å². The molecule has 0 aliphatic heterocycles. The zero-order valence-corrected chi connectivity index (χ0v) is 21.9. The molecule has 2 rings (SSSR count). The van der Waals surface area contributed by atoms with Crippen molar-refractivity contribution in [1.82, 2.24) is 5.32 Å². The van der Waals surface area contributed by atoms with E-state index in [0.717, 1.165) is 5.56 Å². The van der Waals surface area contributed by atoms with E-state index in [2.05, 4.69) is 14.8 Å². The first-order valence-corrected chi connectivity index (χ1v) is 11.8. The maximum absolute atomic E-state index is 12.3. The van der Waals surface area contributed by atoms with Gasteiger partial charge in [0.15, 0.2) is 19.8 Å². The number of benzene rings is 2. The van der Waals surface area contributed by atoms with Crippen LogP contribution in [0.15, 0.2) is 48.5 Å². The van der Waals surface area contributed by atoms with E-state index in [-0.39, 0.29) is 26.1 Å². The van der Waals surface area contributed by atoms with E-state index in [1.54, 1.807) is 48.5 Å². The summed E-state index contributed by atoms with van der Waals surface area (Å²) in [4.78, 5) is 58.9. The van der Waals surface area contributed by atoms with Crippen LogP contribution in [-0.4, -0.2) is 77.0 Å². The van der Waals surface area contributed by atoms with Crippen LogP contribution in [-0.2, 0) is 55.8 Å². The quantitative estimate of drug-likeness (QED) is 0.253. The third-order valence-electron chi connectivity index (χ3n) is 5.26. The number of amides is 1. The van der Waals surface area contributed by atoms with Crippen molar-refractivity contribution < 1.29 is 52.4 Å². The van der Waals surface area contributed by atoms with Crippen molar-refractivity contribution in [3.05, 3.63) is 59.7 Å². The van der Waals surface area contributed by atoms with Gasteiger partial charge in [-0.15, -0.1) is 0 Å². The molecule has 12 heteroatoms. The Morgan fingerprint density at radius 2 is 1.18 bits per heavy atom. The van der Waals surface area contributed by atoms with Gasteiger partial charge in [-0.05, 0) is 41.8 Å². The van der Waals surface area contributed by atoms with Crippen molar-refractivity contribution in [3.63, 3.8) is 0 Å². The molecular formula is C27H31NO11. The number of esters is 4. The van der Waals surface area contributed by atoms with Crippen LogP contribution in [0.3, 0.4) is 0 Å². The summed E-state index contributed by atoms with van der Waals surface area (Å²) in [5, 5.41) is 2.51. The molecule has 0 fully saturated rings. The summed E-state index contributed by atoms with van der Waals surface area (Å²) < 4.78 is 29.3. The van der Waals surface area contributed by atoms with E-state index >= 15 is 0 Å². The smallest absolute Gasteiger partial charge is 0.343 e. The van der Waals surface area contributed by atoms with Gasteiger partial charge >= 0.3 is 23.9 Å². The molecule has 12 nitrogen and oxygen atoms in total. The fourth-order valence-electron chi connectivity index (χ4n) is 3.15. The van der Waals surface area contributed by atoms with E-state index in [1.165, 1.54) is 21.3 Å². The van der Waals surface area contributed by atoms with Crippen LogP contribution in [0.25, 0.3) is 0 Å². The first kappa shape index (κ1) is 30.6. The van der Waals surface area contributed by atoms with Crippen LogP contribution in [0.1, 0.15) is 17.5 Å². The van der Waals surface area contributed by atoms with Crippen LogP contribution in [0.2, 0.25) is 0 Å². The van der Waals surface area contributed by atoms with Crippen molar-refractivity contribution in [3.8, 4) is 11.5 Å². The highest BCUT2D eigenvalue weighted by Gasteiger charge is 2.22. The largest absolute Gasteiger partial charge is 0.482 e. The van der Waals surface area contributed by atoms with E-state index < -0.39 is 42.4 Å². The summed E-state index contributed by atoms with van der Waals surface area (Å²) in [7, 11) is 3.72. The Hall–Kier alpha value is -4.61. The SMILES string of the molecule is COC(=O)COc1ccc(CCC(=O)OCC(=O)NC(Cc2ccc(OCC(=O)OC)cc2)C(=O)OC)cc1. The van der Waals surface area contributed by atoms with Gasteiger partial charge in [0.2, 0.25) is 0 Å². The Kier molecular flexibility index (Phi) is 12.8. The summed E-state index contributed by atoms with van der Waals surface area (Å²) in [5.74, 6) is -2.03. The molecule has 0 saturated carbocycles. The molecule has 1 unspecified atom stereocenters. The third-order valence-corrected chi connectivity index (χ3v) is 5.26. The molecule has 2 aromatic carbocycles. The summed E-state index contributed by atoms with van der Waals surface area (Å²) >= 11 is 0. The second-order valence-electron chi connectivity index (χ2n) is 8.03. The zero-order chi connectivity index (χ0) is 28.6. The van der Waals surface area contributed by atoms with Crippen molar-refractivity contribution >= 4 is 29.8 Å². The lowest BCUT2D eigenvalue weighted by molar-refractivity contribution is -0.150. The van der Waals surface area contributed by atoms with E-state index in [4.69, 9.17) is 18.9 Å². The lowest BCUT2D eigenvalue weighted by atomic mass is 10.1. The average Bonchev–Trinajstić information content (AvgIpc) is 2.96. The van der Waals surface area contributed by atoms with Gasteiger partial charge in [-0.3, -0.25) is 9.59 Å². The number of rotatable bonds is 15. The Morgan fingerprint density at radius 1 is 0.667 bits per heavy atom. The molecule has 39 heavy (non-hydrogen) atoms. The number of aryl methyl sites for hydroxylation is 1. The predicted molar refractivity (Wildman–Crippen MR) is 135 cm³/mol. The molecule has 0 radical (unpaired) electrons. The molecular weight excluding hydrogens is 514 g/mol. The molecule has 1 N–H and O–H groups in total. The van der Waals surface area contributed by atoms with Gasteiger partial charge in [0.05, 0.1) is 21.3 Å². The molecule has 0 aliphatic carbocycles. The Morgan fingerprint density at radius 3 is 1.67 bits per heavy atom. The van der Waals surface area contributed by atoms with E-state index in [1.807, 2.05) is 0 Å². The maximum atomic E-state index is 12.3. The lowest BCUT2D eigenvalue weighted by Crippen LogP contribution is -2.44. The van der Waals surface area contributed by atoms with Crippen molar-refractivity contribution in [2.24, 2.45) is 0 Å². The van der Waals surface area contributed by atoms with Gasteiger partial charge in [-0.25, -0.2) is 14.4 Å². The van der Waals surface area contributed by atoms with Crippen LogP contribution >= 0.6 is 0 Å². The standard InChI is InChI=1S/C27H31NO11/c1-34-25(31)16-37-20-9-4-18(5-10-20)8-13-24(30)39-15-23(29)28-22(27(33)36-3)14-19-6-11-21(12-7-19)38-17-26(32)35-2/h4-7,9-12,22H,8,13-17H2,1-3H3,(H,28,29). The summed E-state index contributed by atoms with van der Waals surface area (Å²) in [5.41, 5.74) is 1.52. The lowest BCUT2D eigenvalue weighted by Gasteiger charge is -2.17. The summed E-state index contributed by atoms with van der Waals surface area (Å²) in [6.45, 7) is -1.01. The Bertz CT molecular complexity index is 1110. The number of carbonyl (C=O) groups is 5. The molecule has 1 atom stereocenters. The van der Waals surface area contributed by atoms with Gasteiger partial charge in [0.1, 0.15) is 17.5 Å². The van der Waals surface area contributed by atoms with Gasteiger partial charge in [-0.1, -0.05) is 24.3 Å². The van der Waals surface area contributed by atoms with Crippen LogP contribution in [0.4, 0.5) is 0 Å². The highest BCUT2D eigenvalue weighted by molar-refractivity contribution is 5.86. The van der Waals surface area contributed by atoms with Gasteiger partial charge < -0.3 is 33.7 Å². The van der Waals surface area contributed by atoms with Crippen molar-refractivity contribution in [2.45, 2.75) is 25.3 Å². The average molecular weight is 546 g/mol. The molecule has 0 bridgehead atoms. The van der Waals surface area contributed by atoms with Crippen molar-refractivity contribution in [2.75, 3.05) is 41.2 Å². The molecule has 1 amide bonds. The molecule has 0 spiro atoms. The second-order valence-corrected chi connectivity index (χ2v) is 8.03. The first-order valence-electron chi connectivity index (χ1n) is 11.8. The monoisotopic (exact) mass is 545 g/mol. The van der Waals surface area contributed by atoms with E-state index in [9.17, 15) is 24.0 Å². The van der Waals surface area contributed by atoms with Crippen LogP contribution in [0.5, 0.6) is 11.5 Å². The number of ether oxygens (including phenoxy) is 6. The van der Waals surface area contributed by atoms with E-state index in [0.29, 0.717) is 23.5 Å². The fraction of sp³-hybridized carbons (Fsp3) is 0.370. The van der Waals surface area contributed by atoms with Crippen molar-refractivity contribution in [1.29, 1.82) is 0 Å². The molecule has 0 heterocycles. The highest BCUT2D eigenvalue weighted by Crippen LogP contribution is 2.15. The molecule has 210 valence electrons. The minimum Gasteiger partial charge on any atom is -0.482 e. The number of nitrogens with one attached hydrogen (secondary N) is 1. The first-order chi connectivity index (χ1) is 18.7. The molecule has 0 aliphatic rings. The summed E-state index contributed by atoms with van der Waals surface area (Å²) in [6, 6.07) is 12.4. The minimum atomic E-state index is -1.01. The number of hydrogen-bond acceptors (Lipinski definition) is 11. The molecule has 2 aromatic rings. The zero-order valence-electron chi connectivity index (χ0n) is 21.9. The normalized spacial score (nSPS) is 10.9. The maximum Gasteiger partial charge on any atom is 0.343 e. The van der Waals surface area contributed by atoms with Gasteiger partial charge in [0.25, 0.3) is 5.91 Å². The topological polar surface area (TPSA) is 153 Å². The van der Waals surface area contributed by atoms with Crippen LogP contribution in [0, 0.1) is 0 Å². The third kappa shape index (κ3) is 11.5. The van der Waals surface area contributed by atoms with Gasteiger partial charge in [0, 0.05) is 12.8 Å². The number of hydrogen-bond donors (Lipinski definition) is 1. The minimum absolute atomic E-state index is 0.0282. The molecule has 0 aromatic heterocycles. The summed E-state index contributed by atoms with van der Waals surface area (Å²) in [6.07, 6.45) is 0.505. The van der Waals surface area contributed by atoms with Gasteiger partial charge in [-0.2, -0.15) is 0 Å². The number of carbonyl (C=O) groups excluding carboxylic acids is 5. The highest BCUT2D eigenvalue weighted by atomic mass is 16.6. The molecule has 0 saturated heterocycles. The number of methoxy groups -OCH3 is 3. The predicted octanol–water partition coefficient (Wildman–Crippen LogP) is 1.17.